The molecule has 0 aromatic heterocycles. The van der Waals surface area contributed by atoms with Crippen molar-refractivity contribution in [2.45, 2.75) is 51.6 Å². The molecule has 0 aromatic carbocycles. The molecule has 2 N–H and O–H groups in total. The minimum absolute atomic E-state index is 0.131. The van der Waals surface area contributed by atoms with E-state index in [0.717, 1.165) is 25.7 Å². The molecule has 3 nitrogen and oxygen atoms in total. The minimum Gasteiger partial charge on any atom is -0.336 e. The number of nitrogens with two attached hydrogens (primary N) is 1. The van der Waals surface area contributed by atoms with Gasteiger partial charge in [0.2, 0.25) is 5.91 Å². The topological polar surface area (TPSA) is 46.3 Å². The van der Waals surface area contributed by atoms with Gasteiger partial charge in [0.05, 0.1) is 0 Å². The lowest BCUT2D eigenvalue weighted by Crippen LogP contribution is -2.43. The van der Waals surface area contributed by atoms with Crippen molar-refractivity contribution in [3.8, 4) is 0 Å². The number of hydrogen-bond acceptors (Lipinski definition) is 2. The van der Waals surface area contributed by atoms with Gasteiger partial charge in [-0.1, -0.05) is 12.5 Å². The lowest BCUT2D eigenvalue weighted by Gasteiger charge is -2.33. The lowest BCUT2D eigenvalue weighted by molar-refractivity contribution is -0.137. The van der Waals surface area contributed by atoms with E-state index in [1.807, 2.05) is 18.7 Å². The van der Waals surface area contributed by atoms with Gasteiger partial charge in [0.15, 0.2) is 0 Å². The molecule has 0 aromatic rings. The summed E-state index contributed by atoms with van der Waals surface area (Å²) in [5.74, 6) is 0.385. The van der Waals surface area contributed by atoms with E-state index >= 15 is 0 Å². The van der Waals surface area contributed by atoms with Crippen LogP contribution in [0.3, 0.4) is 0 Å². The Balaban J connectivity index is 2.62. The molecule has 0 saturated heterocycles. The van der Waals surface area contributed by atoms with E-state index in [-0.39, 0.29) is 23.9 Å². The molecule has 1 fully saturated rings. The third-order valence-electron chi connectivity index (χ3n) is 3.30. The van der Waals surface area contributed by atoms with Crippen LogP contribution in [0.4, 0.5) is 0 Å². The second-order valence-electron chi connectivity index (χ2n) is 5.00. The summed E-state index contributed by atoms with van der Waals surface area (Å²) in [5.41, 5.74) is 5.92. The molecule has 16 heavy (non-hydrogen) atoms. The molecule has 0 bridgehead atoms. The largest absolute Gasteiger partial charge is 0.336 e. The zero-order valence-corrected chi connectivity index (χ0v) is 10.5. The molecule has 2 atom stereocenters. The van der Waals surface area contributed by atoms with Crippen molar-refractivity contribution in [2.75, 3.05) is 6.54 Å². The van der Waals surface area contributed by atoms with Gasteiger partial charge < -0.3 is 10.6 Å². The Hall–Kier alpha value is -0.830. The van der Waals surface area contributed by atoms with E-state index < -0.39 is 0 Å². The van der Waals surface area contributed by atoms with Crippen LogP contribution in [0.15, 0.2) is 12.7 Å². The lowest BCUT2D eigenvalue weighted by atomic mass is 9.85. The van der Waals surface area contributed by atoms with Crippen molar-refractivity contribution in [1.82, 2.24) is 4.90 Å². The molecule has 1 saturated carbocycles. The molecule has 0 spiro atoms. The van der Waals surface area contributed by atoms with Crippen LogP contribution < -0.4 is 5.73 Å². The molecule has 1 aliphatic carbocycles. The van der Waals surface area contributed by atoms with Gasteiger partial charge in [-0.2, -0.15) is 0 Å². The Morgan fingerprint density at radius 2 is 2.25 bits per heavy atom. The van der Waals surface area contributed by atoms with E-state index in [1.165, 1.54) is 0 Å². The highest BCUT2D eigenvalue weighted by Gasteiger charge is 2.29. The highest BCUT2D eigenvalue weighted by molar-refractivity contribution is 5.79. The van der Waals surface area contributed by atoms with Crippen molar-refractivity contribution in [1.29, 1.82) is 0 Å². The van der Waals surface area contributed by atoms with Crippen LogP contribution >= 0.6 is 0 Å². The van der Waals surface area contributed by atoms with Gasteiger partial charge in [-0.05, 0) is 33.1 Å². The summed E-state index contributed by atoms with van der Waals surface area (Å²) in [6.45, 7) is 8.44. The van der Waals surface area contributed by atoms with Crippen LogP contribution in [-0.2, 0) is 4.79 Å². The monoisotopic (exact) mass is 224 g/mol. The maximum atomic E-state index is 12.3. The Kier molecular flexibility index (Phi) is 5.00. The molecular formula is C13H24N2O. The summed E-state index contributed by atoms with van der Waals surface area (Å²) >= 11 is 0. The summed E-state index contributed by atoms with van der Waals surface area (Å²) in [5, 5.41) is 0. The number of hydrogen-bond donors (Lipinski definition) is 1. The van der Waals surface area contributed by atoms with Crippen LogP contribution in [-0.4, -0.2) is 29.4 Å². The summed E-state index contributed by atoms with van der Waals surface area (Å²) < 4.78 is 0. The molecule has 0 aliphatic heterocycles. The predicted molar refractivity (Wildman–Crippen MR) is 67.0 cm³/mol. The highest BCUT2D eigenvalue weighted by atomic mass is 16.2. The van der Waals surface area contributed by atoms with Crippen LogP contribution in [0.25, 0.3) is 0 Å². The molecule has 0 radical (unpaired) electrons. The van der Waals surface area contributed by atoms with Crippen molar-refractivity contribution in [3.63, 3.8) is 0 Å². The van der Waals surface area contributed by atoms with Crippen molar-refractivity contribution >= 4 is 5.91 Å². The van der Waals surface area contributed by atoms with Crippen LogP contribution in [0.5, 0.6) is 0 Å². The predicted octanol–water partition coefficient (Wildman–Crippen LogP) is 1.93. The van der Waals surface area contributed by atoms with Gasteiger partial charge in [-0.3, -0.25) is 4.79 Å². The number of amides is 1. The van der Waals surface area contributed by atoms with Gasteiger partial charge in [-0.25, -0.2) is 0 Å². The van der Waals surface area contributed by atoms with E-state index in [2.05, 4.69) is 6.58 Å². The van der Waals surface area contributed by atoms with Gasteiger partial charge >= 0.3 is 0 Å². The SMILES string of the molecule is C=CCN(C(=O)C1CCCC(N)C1)C(C)C. The Labute approximate surface area is 98.7 Å². The third kappa shape index (κ3) is 3.34. The maximum Gasteiger partial charge on any atom is 0.226 e. The van der Waals surface area contributed by atoms with E-state index in [1.54, 1.807) is 6.08 Å². The molecule has 92 valence electrons. The van der Waals surface area contributed by atoms with Crippen LogP contribution in [0.2, 0.25) is 0 Å². The molecule has 1 rings (SSSR count). The van der Waals surface area contributed by atoms with Crippen molar-refractivity contribution < 1.29 is 4.79 Å². The minimum atomic E-state index is 0.131. The quantitative estimate of drug-likeness (QED) is 0.742. The first kappa shape index (κ1) is 13.2. The zero-order chi connectivity index (χ0) is 12.1. The fourth-order valence-electron chi connectivity index (χ4n) is 2.38. The van der Waals surface area contributed by atoms with Gasteiger partial charge in [0, 0.05) is 24.5 Å². The second-order valence-corrected chi connectivity index (χ2v) is 5.00. The molecule has 1 amide bonds. The summed E-state index contributed by atoms with van der Waals surface area (Å²) in [4.78, 5) is 14.2. The zero-order valence-electron chi connectivity index (χ0n) is 10.5. The van der Waals surface area contributed by atoms with Gasteiger partial charge in [0.1, 0.15) is 0 Å². The Bertz CT molecular complexity index is 250. The summed E-state index contributed by atoms with van der Waals surface area (Å²) in [6.07, 6.45) is 5.78. The van der Waals surface area contributed by atoms with Crippen LogP contribution in [0.1, 0.15) is 39.5 Å². The first-order chi connectivity index (χ1) is 7.56. The van der Waals surface area contributed by atoms with E-state index in [4.69, 9.17) is 5.73 Å². The summed E-state index contributed by atoms with van der Waals surface area (Å²) in [7, 11) is 0. The van der Waals surface area contributed by atoms with Gasteiger partial charge in [-0.15, -0.1) is 6.58 Å². The van der Waals surface area contributed by atoms with Gasteiger partial charge in [0.25, 0.3) is 0 Å². The Morgan fingerprint density at radius 3 is 2.75 bits per heavy atom. The normalized spacial score (nSPS) is 25.5. The van der Waals surface area contributed by atoms with Crippen LogP contribution in [0, 0.1) is 5.92 Å². The molecule has 0 heterocycles. The average molecular weight is 224 g/mol. The maximum absolute atomic E-state index is 12.3. The van der Waals surface area contributed by atoms with E-state index in [0.29, 0.717) is 6.54 Å². The highest BCUT2D eigenvalue weighted by Crippen LogP contribution is 2.25. The number of carbonyl (C=O) groups excluding carboxylic acids is 1. The molecular weight excluding hydrogens is 200 g/mol. The number of nitrogens with zero attached hydrogens (tertiary/aromatic N) is 1. The van der Waals surface area contributed by atoms with E-state index in [9.17, 15) is 4.79 Å². The standard InChI is InChI=1S/C13H24N2O/c1-4-8-15(10(2)3)13(16)11-6-5-7-12(14)9-11/h4,10-12H,1,5-9,14H2,2-3H3. The first-order valence-corrected chi connectivity index (χ1v) is 6.23. The fourth-order valence-corrected chi connectivity index (χ4v) is 2.38. The fraction of sp³-hybridized carbons (Fsp3) is 0.769. The summed E-state index contributed by atoms with van der Waals surface area (Å²) in [6, 6.07) is 0.448. The molecule has 2 unspecified atom stereocenters. The first-order valence-electron chi connectivity index (χ1n) is 6.23. The smallest absolute Gasteiger partial charge is 0.226 e. The third-order valence-corrected chi connectivity index (χ3v) is 3.30. The number of carbonyl (C=O) groups is 1. The molecule has 1 aliphatic rings. The Morgan fingerprint density at radius 1 is 1.56 bits per heavy atom. The average Bonchev–Trinajstić information content (AvgIpc) is 2.24. The number of rotatable bonds is 4. The van der Waals surface area contributed by atoms with Crippen molar-refractivity contribution in [2.24, 2.45) is 11.7 Å². The second kappa shape index (κ2) is 6.04. The van der Waals surface area contributed by atoms with Crippen molar-refractivity contribution in [3.05, 3.63) is 12.7 Å². The molecule has 3 heteroatoms.